The summed E-state index contributed by atoms with van der Waals surface area (Å²) in [6.45, 7) is 6.32. The first-order valence-corrected chi connectivity index (χ1v) is 5.19. The molecule has 0 radical (unpaired) electrons. The highest BCUT2D eigenvalue weighted by atomic mass is 16.5. The van der Waals surface area contributed by atoms with E-state index in [9.17, 15) is 4.79 Å². The Hall–Kier alpha value is -1.36. The van der Waals surface area contributed by atoms with Crippen LogP contribution in [0.1, 0.15) is 31.3 Å². The van der Waals surface area contributed by atoms with Crippen molar-refractivity contribution in [1.29, 1.82) is 0 Å². The van der Waals surface area contributed by atoms with E-state index >= 15 is 0 Å². The molecule has 5 nitrogen and oxygen atoms in total. The molecule has 0 atom stereocenters. The molecule has 1 rings (SSSR count). The van der Waals surface area contributed by atoms with E-state index in [-0.39, 0.29) is 17.9 Å². The van der Waals surface area contributed by atoms with Crippen molar-refractivity contribution in [3.63, 3.8) is 0 Å². The van der Waals surface area contributed by atoms with Gasteiger partial charge in [-0.1, -0.05) is 0 Å². The Morgan fingerprint density at radius 2 is 2.19 bits per heavy atom. The maximum atomic E-state index is 11.9. The second kappa shape index (κ2) is 4.65. The van der Waals surface area contributed by atoms with Gasteiger partial charge in [0.15, 0.2) is 11.5 Å². The molecule has 5 heteroatoms. The van der Waals surface area contributed by atoms with E-state index in [1.54, 1.807) is 13.2 Å². The minimum Gasteiger partial charge on any atom is -0.493 e. The van der Waals surface area contributed by atoms with Crippen LogP contribution in [-0.4, -0.2) is 34.8 Å². The van der Waals surface area contributed by atoms with Crippen LogP contribution in [0.15, 0.2) is 6.20 Å². The van der Waals surface area contributed by atoms with Gasteiger partial charge in [-0.05, 0) is 20.8 Å². The average molecular weight is 225 g/mol. The summed E-state index contributed by atoms with van der Waals surface area (Å²) in [6.07, 6.45) is 1.55. The number of nitrogens with zero attached hydrogens (tertiary/aromatic N) is 2. The van der Waals surface area contributed by atoms with Crippen LogP contribution in [0.2, 0.25) is 0 Å². The smallest absolute Gasteiger partial charge is 0.198 e. The molecule has 0 unspecified atom stereocenters. The molecule has 1 aromatic heterocycles. The lowest BCUT2D eigenvalue weighted by atomic mass is 10.1. The maximum Gasteiger partial charge on any atom is 0.198 e. The highest BCUT2D eigenvalue weighted by Gasteiger charge is 2.19. The van der Waals surface area contributed by atoms with Crippen molar-refractivity contribution in [2.45, 2.75) is 26.3 Å². The number of nitrogens with one attached hydrogen (secondary N) is 1. The van der Waals surface area contributed by atoms with E-state index in [2.05, 4.69) is 10.4 Å². The molecule has 0 spiro atoms. The van der Waals surface area contributed by atoms with Crippen LogP contribution in [0.5, 0.6) is 5.75 Å². The van der Waals surface area contributed by atoms with E-state index in [0.29, 0.717) is 11.4 Å². The summed E-state index contributed by atoms with van der Waals surface area (Å²) in [7, 11) is 3.26. The Kier molecular flexibility index (Phi) is 3.70. The molecule has 0 aliphatic rings. The molecule has 0 aromatic carbocycles. The molecule has 16 heavy (non-hydrogen) atoms. The van der Waals surface area contributed by atoms with Gasteiger partial charge >= 0.3 is 0 Å². The van der Waals surface area contributed by atoms with Crippen molar-refractivity contribution in [3.8, 4) is 5.75 Å². The lowest BCUT2D eigenvalue weighted by Crippen LogP contribution is -2.39. The van der Waals surface area contributed by atoms with E-state index in [1.165, 1.54) is 11.8 Å². The molecule has 1 heterocycles. The number of Topliss-reactive ketones (excluding diaryl/α,β-unsaturated/α-hetero) is 1. The molecule has 0 aliphatic heterocycles. The minimum absolute atomic E-state index is 0.0215. The van der Waals surface area contributed by atoms with Gasteiger partial charge in [0, 0.05) is 12.6 Å². The number of hydrogen-bond acceptors (Lipinski definition) is 4. The standard InChI is InChI=1S/C11H19N3O2/c1-11(2,3)12-6-8(15)10-9(16-5)7-13-14(10)4/h7,12H,6H2,1-5H3. The zero-order chi connectivity index (χ0) is 12.3. The summed E-state index contributed by atoms with van der Waals surface area (Å²) in [5.41, 5.74) is 0.417. The Labute approximate surface area is 95.8 Å². The fraction of sp³-hybridized carbons (Fsp3) is 0.636. The molecule has 0 amide bonds. The lowest BCUT2D eigenvalue weighted by Gasteiger charge is -2.19. The summed E-state index contributed by atoms with van der Waals surface area (Å²) in [6, 6.07) is 0. The molecule has 1 aromatic rings. The maximum absolute atomic E-state index is 11.9. The quantitative estimate of drug-likeness (QED) is 0.777. The molecular weight excluding hydrogens is 206 g/mol. The van der Waals surface area contributed by atoms with Crippen molar-refractivity contribution in [2.24, 2.45) is 7.05 Å². The van der Waals surface area contributed by atoms with Gasteiger partial charge in [0.25, 0.3) is 0 Å². The van der Waals surface area contributed by atoms with Gasteiger partial charge in [-0.15, -0.1) is 0 Å². The number of methoxy groups -OCH3 is 1. The van der Waals surface area contributed by atoms with Crippen molar-refractivity contribution >= 4 is 5.78 Å². The molecule has 0 saturated heterocycles. The number of carbonyl (C=O) groups is 1. The highest BCUT2D eigenvalue weighted by molar-refractivity contribution is 5.98. The molecule has 90 valence electrons. The van der Waals surface area contributed by atoms with Crippen LogP contribution >= 0.6 is 0 Å². The Bertz CT molecular complexity index is 377. The van der Waals surface area contributed by atoms with Gasteiger partial charge in [0.05, 0.1) is 19.9 Å². The number of ether oxygens (including phenoxy) is 1. The Balaban J connectivity index is 2.76. The molecule has 0 bridgehead atoms. The van der Waals surface area contributed by atoms with Crippen molar-refractivity contribution in [2.75, 3.05) is 13.7 Å². The number of carbonyl (C=O) groups excluding carboxylic acids is 1. The van der Waals surface area contributed by atoms with Crippen LogP contribution in [0.3, 0.4) is 0 Å². The number of aromatic nitrogens is 2. The number of hydrogen-bond donors (Lipinski definition) is 1. The normalized spacial score (nSPS) is 11.6. The second-order valence-electron chi connectivity index (χ2n) is 4.71. The van der Waals surface area contributed by atoms with E-state index in [0.717, 1.165) is 0 Å². The minimum atomic E-state index is -0.0819. The fourth-order valence-corrected chi connectivity index (χ4v) is 1.31. The summed E-state index contributed by atoms with van der Waals surface area (Å²) in [5, 5.41) is 7.14. The van der Waals surface area contributed by atoms with Crippen LogP contribution < -0.4 is 10.1 Å². The highest BCUT2D eigenvalue weighted by Crippen LogP contribution is 2.16. The van der Waals surface area contributed by atoms with Crippen molar-refractivity contribution in [3.05, 3.63) is 11.9 Å². The van der Waals surface area contributed by atoms with Crippen molar-refractivity contribution in [1.82, 2.24) is 15.1 Å². The van der Waals surface area contributed by atoms with Gasteiger partial charge in [-0.2, -0.15) is 5.10 Å². The first kappa shape index (κ1) is 12.7. The van der Waals surface area contributed by atoms with Crippen LogP contribution in [0, 0.1) is 0 Å². The third-order valence-corrected chi connectivity index (χ3v) is 2.17. The molecule has 0 saturated carbocycles. The average Bonchev–Trinajstić information content (AvgIpc) is 2.55. The van der Waals surface area contributed by atoms with Gasteiger partial charge in [-0.3, -0.25) is 9.48 Å². The summed E-state index contributed by atoms with van der Waals surface area (Å²) < 4.78 is 6.62. The first-order chi connectivity index (χ1) is 7.35. The van der Waals surface area contributed by atoms with Gasteiger partial charge in [0.1, 0.15) is 5.69 Å². The Morgan fingerprint density at radius 3 is 2.69 bits per heavy atom. The molecular formula is C11H19N3O2. The zero-order valence-electron chi connectivity index (χ0n) is 10.5. The predicted molar refractivity (Wildman–Crippen MR) is 61.8 cm³/mol. The topological polar surface area (TPSA) is 56.2 Å². The van der Waals surface area contributed by atoms with Gasteiger partial charge in [-0.25, -0.2) is 0 Å². The van der Waals surface area contributed by atoms with Gasteiger partial charge in [0.2, 0.25) is 0 Å². The van der Waals surface area contributed by atoms with Crippen LogP contribution in [0.25, 0.3) is 0 Å². The lowest BCUT2D eigenvalue weighted by molar-refractivity contribution is 0.0970. The van der Waals surface area contributed by atoms with E-state index in [1.807, 2.05) is 20.8 Å². The molecule has 0 fully saturated rings. The zero-order valence-corrected chi connectivity index (χ0v) is 10.5. The predicted octanol–water partition coefficient (Wildman–Crippen LogP) is 0.999. The number of aryl methyl sites for hydroxylation is 1. The molecule has 0 aliphatic carbocycles. The monoisotopic (exact) mass is 225 g/mol. The van der Waals surface area contributed by atoms with Gasteiger partial charge < -0.3 is 10.1 Å². The van der Waals surface area contributed by atoms with Crippen LogP contribution in [0.4, 0.5) is 0 Å². The second-order valence-corrected chi connectivity index (χ2v) is 4.71. The Morgan fingerprint density at radius 1 is 1.56 bits per heavy atom. The number of ketones is 1. The SMILES string of the molecule is COc1cnn(C)c1C(=O)CNC(C)(C)C. The van der Waals surface area contributed by atoms with Crippen molar-refractivity contribution < 1.29 is 9.53 Å². The number of rotatable bonds is 4. The first-order valence-electron chi connectivity index (χ1n) is 5.19. The molecule has 1 N–H and O–H groups in total. The van der Waals surface area contributed by atoms with Crippen LogP contribution in [-0.2, 0) is 7.05 Å². The van der Waals surface area contributed by atoms with E-state index in [4.69, 9.17) is 4.74 Å². The third-order valence-electron chi connectivity index (χ3n) is 2.17. The van der Waals surface area contributed by atoms with E-state index < -0.39 is 0 Å². The fourth-order valence-electron chi connectivity index (χ4n) is 1.31. The largest absolute Gasteiger partial charge is 0.493 e. The summed E-state index contributed by atoms with van der Waals surface area (Å²) in [4.78, 5) is 11.9. The third kappa shape index (κ3) is 3.06. The summed E-state index contributed by atoms with van der Waals surface area (Å²) >= 11 is 0. The summed E-state index contributed by atoms with van der Waals surface area (Å²) in [5.74, 6) is 0.495.